The zero-order chi connectivity index (χ0) is 22.5. The SMILES string of the molecule is Cc1sc2cc(Oc3ccnc4cc(-c5nccn5C)sc34)ccc2c1C(=O)NCC1CC1. The van der Waals surface area contributed by atoms with Gasteiger partial charge in [-0.25, -0.2) is 4.98 Å². The molecule has 6 rings (SSSR count). The van der Waals surface area contributed by atoms with E-state index in [0.717, 1.165) is 59.5 Å². The van der Waals surface area contributed by atoms with E-state index < -0.39 is 0 Å². The summed E-state index contributed by atoms with van der Waals surface area (Å²) in [6.45, 7) is 2.78. The van der Waals surface area contributed by atoms with Crippen LogP contribution in [0.5, 0.6) is 11.5 Å². The molecule has 1 amide bonds. The molecular weight excluding hydrogens is 452 g/mol. The van der Waals surface area contributed by atoms with E-state index in [0.29, 0.717) is 5.92 Å². The van der Waals surface area contributed by atoms with Crippen molar-refractivity contribution in [2.75, 3.05) is 6.54 Å². The van der Waals surface area contributed by atoms with Gasteiger partial charge in [0.1, 0.15) is 17.3 Å². The molecule has 6 nitrogen and oxygen atoms in total. The Kier molecular flexibility index (Phi) is 4.92. The number of nitrogens with one attached hydrogen (secondary N) is 1. The van der Waals surface area contributed by atoms with Gasteiger partial charge in [-0.05, 0) is 49.9 Å². The van der Waals surface area contributed by atoms with Crippen LogP contribution in [0.4, 0.5) is 0 Å². The second-order valence-corrected chi connectivity index (χ2v) is 10.8. The molecule has 8 heteroatoms. The molecule has 1 aliphatic rings. The summed E-state index contributed by atoms with van der Waals surface area (Å²) in [5, 5.41) is 4.07. The molecule has 1 aliphatic carbocycles. The fraction of sp³-hybridized carbons (Fsp3) is 0.240. The summed E-state index contributed by atoms with van der Waals surface area (Å²) in [5.41, 5.74) is 1.67. The van der Waals surface area contributed by atoms with Crippen LogP contribution in [-0.4, -0.2) is 27.0 Å². The van der Waals surface area contributed by atoms with Crippen molar-refractivity contribution in [3.05, 3.63) is 59.4 Å². The molecule has 4 aromatic heterocycles. The quantitative estimate of drug-likeness (QED) is 0.320. The van der Waals surface area contributed by atoms with E-state index in [9.17, 15) is 4.79 Å². The number of pyridine rings is 1. The van der Waals surface area contributed by atoms with Gasteiger partial charge in [0.15, 0.2) is 0 Å². The summed E-state index contributed by atoms with van der Waals surface area (Å²) in [5.74, 6) is 3.10. The first-order valence-corrected chi connectivity index (χ1v) is 12.6. The normalized spacial score (nSPS) is 13.6. The highest BCUT2D eigenvalue weighted by molar-refractivity contribution is 7.22. The van der Waals surface area contributed by atoms with Gasteiger partial charge in [-0.1, -0.05) is 0 Å². The van der Waals surface area contributed by atoms with Crippen LogP contribution >= 0.6 is 22.7 Å². The molecule has 1 N–H and O–H groups in total. The number of hydrogen-bond donors (Lipinski definition) is 1. The first kappa shape index (κ1) is 20.4. The minimum absolute atomic E-state index is 0.0237. The van der Waals surface area contributed by atoms with Gasteiger partial charge < -0.3 is 14.6 Å². The highest BCUT2D eigenvalue weighted by atomic mass is 32.1. The van der Waals surface area contributed by atoms with Crippen molar-refractivity contribution in [2.24, 2.45) is 13.0 Å². The van der Waals surface area contributed by atoms with Crippen LogP contribution in [0.25, 0.3) is 31.0 Å². The fourth-order valence-electron chi connectivity index (χ4n) is 4.03. The third kappa shape index (κ3) is 3.79. The third-order valence-corrected chi connectivity index (χ3v) is 8.16. The van der Waals surface area contributed by atoms with Crippen LogP contribution in [0.2, 0.25) is 0 Å². The zero-order valence-corrected chi connectivity index (χ0v) is 19.9. The molecule has 0 spiro atoms. The Labute approximate surface area is 198 Å². The predicted molar refractivity (Wildman–Crippen MR) is 134 cm³/mol. The summed E-state index contributed by atoms with van der Waals surface area (Å²) in [7, 11) is 1.98. The van der Waals surface area contributed by atoms with Crippen molar-refractivity contribution in [1.29, 1.82) is 0 Å². The van der Waals surface area contributed by atoms with E-state index in [-0.39, 0.29) is 5.91 Å². The van der Waals surface area contributed by atoms with E-state index in [1.54, 1.807) is 35.1 Å². The van der Waals surface area contributed by atoms with Crippen molar-refractivity contribution in [3.8, 4) is 22.2 Å². The predicted octanol–water partition coefficient (Wildman–Crippen LogP) is 6.15. The maximum Gasteiger partial charge on any atom is 0.253 e. The lowest BCUT2D eigenvalue weighted by Crippen LogP contribution is -2.25. The molecule has 0 bridgehead atoms. The smallest absolute Gasteiger partial charge is 0.253 e. The fourth-order valence-corrected chi connectivity index (χ4v) is 6.22. The van der Waals surface area contributed by atoms with Crippen LogP contribution in [-0.2, 0) is 7.05 Å². The number of nitrogens with zero attached hydrogens (tertiary/aromatic N) is 3. The van der Waals surface area contributed by atoms with Gasteiger partial charge in [0.25, 0.3) is 5.91 Å². The first-order chi connectivity index (χ1) is 16.1. The number of fused-ring (bicyclic) bond motifs is 2. The van der Waals surface area contributed by atoms with Crippen molar-refractivity contribution >= 4 is 48.9 Å². The molecule has 166 valence electrons. The highest BCUT2D eigenvalue weighted by Gasteiger charge is 2.23. The number of benzene rings is 1. The molecule has 0 radical (unpaired) electrons. The van der Waals surface area contributed by atoms with Gasteiger partial charge in [-0.2, -0.15) is 0 Å². The lowest BCUT2D eigenvalue weighted by atomic mass is 10.1. The molecule has 0 unspecified atom stereocenters. The number of rotatable bonds is 6. The number of carbonyl (C=O) groups excluding carboxylic acids is 1. The number of thiophene rings is 2. The van der Waals surface area contributed by atoms with E-state index in [1.165, 1.54) is 12.8 Å². The van der Waals surface area contributed by atoms with Crippen LogP contribution < -0.4 is 10.1 Å². The Morgan fingerprint density at radius 2 is 2.06 bits per heavy atom. The van der Waals surface area contributed by atoms with E-state index >= 15 is 0 Å². The molecule has 5 aromatic rings. The highest BCUT2D eigenvalue weighted by Crippen LogP contribution is 2.40. The monoisotopic (exact) mass is 474 g/mol. The summed E-state index contributed by atoms with van der Waals surface area (Å²) in [4.78, 5) is 23.8. The minimum atomic E-state index is 0.0237. The standard InChI is InChI=1S/C25H22N4O2S2/c1-14-22(25(30)28-13-15-3-4-15)17-6-5-16(11-20(17)32-14)31-19-7-8-26-18-12-21(33-23(18)19)24-27-9-10-29(24)2/h5-12,15H,3-4,13H2,1-2H3,(H,28,30). The second-order valence-electron chi connectivity index (χ2n) is 8.44. The van der Waals surface area contributed by atoms with Crippen LogP contribution in [0.15, 0.2) is 48.9 Å². The number of ether oxygens (including phenoxy) is 1. The van der Waals surface area contributed by atoms with Crippen molar-refractivity contribution in [2.45, 2.75) is 19.8 Å². The van der Waals surface area contributed by atoms with Gasteiger partial charge in [-0.15, -0.1) is 22.7 Å². The Morgan fingerprint density at radius 1 is 1.18 bits per heavy atom. The minimum Gasteiger partial charge on any atom is -0.456 e. The van der Waals surface area contributed by atoms with Gasteiger partial charge >= 0.3 is 0 Å². The molecule has 0 atom stereocenters. The Hall–Kier alpha value is -3.23. The topological polar surface area (TPSA) is 69.0 Å². The molecule has 1 saturated carbocycles. The van der Waals surface area contributed by atoms with E-state index in [4.69, 9.17) is 4.74 Å². The Morgan fingerprint density at radius 3 is 2.85 bits per heavy atom. The summed E-state index contributed by atoms with van der Waals surface area (Å²) in [6, 6.07) is 9.89. The number of amides is 1. The summed E-state index contributed by atoms with van der Waals surface area (Å²) < 4.78 is 10.3. The largest absolute Gasteiger partial charge is 0.456 e. The molecular formula is C25H22N4O2S2. The molecule has 0 saturated heterocycles. The van der Waals surface area contributed by atoms with Crippen LogP contribution in [0, 0.1) is 12.8 Å². The van der Waals surface area contributed by atoms with Crippen molar-refractivity contribution in [1.82, 2.24) is 19.9 Å². The van der Waals surface area contributed by atoms with Crippen LogP contribution in [0.1, 0.15) is 28.1 Å². The maximum absolute atomic E-state index is 12.8. The molecule has 1 aromatic carbocycles. The average molecular weight is 475 g/mol. The van der Waals surface area contributed by atoms with Gasteiger partial charge in [0.05, 0.1) is 20.7 Å². The molecule has 33 heavy (non-hydrogen) atoms. The molecule has 0 aliphatic heterocycles. The Bertz CT molecular complexity index is 1510. The third-order valence-electron chi connectivity index (χ3n) is 5.96. The number of aryl methyl sites for hydroxylation is 2. The van der Waals surface area contributed by atoms with Crippen molar-refractivity contribution in [3.63, 3.8) is 0 Å². The zero-order valence-electron chi connectivity index (χ0n) is 18.3. The summed E-state index contributed by atoms with van der Waals surface area (Å²) >= 11 is 3.25. The average Bonchev–Trinajstić information content (AvgIpc) is 3.20. The van der Waals surface area contributed by atoms with Gasteiger partial charge in [-0.3, -0.25) is 9.78 Å². The van der Waals surface area contributed by atoms with Gasteiger partial charge in [0.2, 0.25) is 0 Å². The number of imidazole rings is 1. The van der Waals surface area contributed by atoms with Crippen LogP contribution in [0.3, 0.4) is 0 Å². The molecule has 4 heterocycles. The van der Waals surface area contributed by atoms with Crippen molar-refractivity contribution < 1.29 is 9.53 Å². The lowest BCUT2D eigenvalue weighted by molar-refractivity contribution is 0.0953. The Balaban J connectivity index is 1.31. The number of hydrogen-bond acceptors (Lipinski definition) is 6. The maximum atomic E-state index is 12.8. The number of aromatic nitrogens is 3. The number of carbonyl (C=O) groups is 1. The van der Waals surface area contributed by atoms with E-state index in [1.807, 2.05) is 55.1 Å². The summed E-state index contributed by atoms with van der Waals surface area (Å²) in [6.07, 6.45) is 7.94. The second kappa shape index (κ2) is 7.97. The lowest BCUT2D eigenvalue weighted by Gasteiger charge is -2.07. The van der Waals surface area contributed by atoms with E-state index in [2.05, 4.69) is 15.3 Å². The van der Waals surface area contributed by atoms with Gasteiger partial charge in [0, 0.05) is 53.2 Å². The first-order valence-electron chi connectivity index (χ1n) is 10.9. The molecule has 1 fully saturated rings.